The van der Waals surface area contributed by atoms with Crippen molar-refractivity contribution in [3.8, 4) is 22.9 Å². The Morgan fingerprint density at radius 2 is 1.71 bits per heavy atom. The lowest BCUT2D eigenvalue weighted by Gasteiger charge is -2.30. The minimum absolute atomic E-state index is 0.196. The van der Waals surface area contributed by atoms with E-state index in [1.807, 2.05) is 48.5 Å². The lowest BCUT2D eigenvalue weighted by Crippen LogP contribution is -2.35. The minimum Gasteiger partial charge on any atom is -0.489 e. The van der Waals surface area contributed by atoms with Gasteiger partial charge in [-0.15, -0.1) is 0 Å². The first-order valence-electron chi connectivity index (χ1n) is 14.7. The van der Waals surface area contributed by atoms with Crippen LogP contribution >= 0.6 is 11.6 Å². The highest BCUT2D eigenvalue weighted by Gasteiger charge is 2.27. The van der Waals surface area contributed by atoms with Crippen LogP contribution in [0.4, 0.5) is 4.39 Å². The van der Waals surface area contributed by atoms with Crippen molar-refractivity contribution in [3.05, 3.63) is 123 Å². The number of hydrogen-bond acceptors (Lipinski definition) is 4. The molecule has 4 aromatic rings. The molecule has 1 heterocycles. The first-order chi connectivity index (χ1) is 20.5. The summed E-state index contributed by atoms with van der Waals surface area (Å²) >= 11 is 6.95. The van der Waals surface area contributed by atoms with Crippen molar-refractivity contribution in [2.24, 2.45) is 0 Å². The van der Waals surface area contributed by atoms with Gasteiger partial charge in [0.25, 0.3) is 0 Å². The van der Waals surface area contributed by atoms with Gasteiger partial charge in [-0.05, 0) is 96.2 Å². The highest BCUT2D eigenvalue weighted by Crippen LogP contribution is 2.42. The zero-order chi connectivity index (χ0) is 29.1. The van der Waals surface area contributed by atoms with Crippen LogP contribution in [0.1, 0.15) is 58.6 Å². The van der Waals surface area contributed by atoms with Gasteiger partial charge >= 0.3 is 0 Å². The highest BCUT2D eigenvalue weighted by molar-refractivity contribution is 6.31. The lowest BCUT2D eigenvalue weighted by molar-refractivity contribution is 0.0787. The zero-order valence-electron chi connectivity index (χ0n) is 23.5. The van der Waals surface area contributed by atoms with Crippen molar-refractivity contribution in [3.63, 3.8) is 0 Å². The van der Waals surface area contributed by atoms with Gasteiger partial charge in [-0.1, -0.05) is 60.1 Å². The summed E-state index contributed by atoms with van der Waals surface area (Å²) in [6, 6.07) is 27.0. The molecular weight excluding hydrogens is 547 g/mol. The molecule has 1 saturated heterocycles. The van der Waals surface area contributed by atoms with Crippen molar-refractivity contribution in [2.45, 2.75) is 57.3 Å². The molecule has 214 valence electrons. The van der Waals surface area contributed by atoms with Crippen LogP contribution in [-0.4, -0.2) is 29.2 Å². The quantitative estimate of drug-likeness (QED) is 0.231. The number of ether oxygens (including phenoxy) is 1. The maximum absolute atomic E-state index is 14.7. The summed E-state index contributed by atoms with van der Waals surface area (Å²) in [5, 5.41) is 20.0. The molecule has 0 unspecified atom stereocenters. The molecule has 4 aromatic carbocycles. The van der Waals surface area contributed by atoms with Gasteiger partial charge in [0, 0.05) is 35.8 Å². The second-order valence-electron chi connectivity index (χ2n) is 11.5. The van der Waals surface area contributed by atoms with E-state index in [0.717, 1.165) is 78.2 Å². The number of halogens is 2. The standard InChI is InChI=1S/C36H34ClFN2O2/c37-34-19-28(22-40-15-13-29(41)14-16-40)36(42-23-25-6-3-5-24(17-25)21-39)20-27(34)18-26-11-12-32-30(26)8-4-9-31(32)33-7-1-2-10-35(33)38/h1-10,17,19-20,26,29,41H,11-16,18,22-23H2/t26-/m1/s1. The van der Waals surface area contributed by atoms with Gasteiger partial charge in [-0.3, -0.25) is 4.90 Å². The molecule has 0 radical (unpaired) electrons. The van der Waals surface area contributed by atoms with Gasteiger partial charge in [0.15, 0.2) is 0 Å². The third-order valence-electron chi connectivity index (χ3n) is 8.66. The summed E-state index contributed by atoms with van der Waals surface area (Å²) in [6.07, 6.45) is 3.94. The summed E-state index contributed by atoms with van der Waals surface area (Å²) < 4.78 is 21.1. The second kappa shape index (κ2) is 12.7. The Balaban J connectivity index is 1.28. The molecular formula is C36H34ClFN2O2. The average molecular weight is 581 g/mol. The van der Waals surface area contributed by atoms with Crippen LogP contribution in [0.5, 0.6) is 5.75 Å². The Labute approximate surface area is 251 Å². The first kappa shape index (κ1) is 28.4. The molecule has 6 rings (SSSR count). The number of benzene rings is 4. The SMILES string of the molecule is N#Cc1cccc(COc2cc(C[C@H]3CCc4c(-c5ccccc5F)cccc43)c(Cl)cc2CN2CCC(O)CC2)c1. The van der Waals surface area contributed by atoms with E-state index in [2.05, 4.69) is 23.1 Å². The Hall–Kier alpha value is -3.69. The third-order valence-corrected chi connectivity index (χ3v) is 9.01. The number of likely N-dealkylation sites (tertiary alicyclic amines) is 1. The second-order valence-corrected chi connectivity index (χ2v) is 11.9. The fraction of sp³-hybridized carbons (Fsp3) is 0.306. The fourth-order valence-corrected chi connectivity index (χ4v) is 6.67. The van der Waals surface area contributed by atoms with Gasteiger partial charge in [0.05, 0.1) is 17.7 Å². The van der Waals surface area contributed by atoms with Crippen LogP contribution in [0.2, 0.25) is 5.02 Å². The van der Waals surface area contributed by atoms with E-state index < -0.39 is 0 Å². The summed E-state index contributed by atoms with van der Waals surface area (Å²) in [5.74, 6) is 0.873. The molecule has 1 atom stereocenters. The number of piperidine rings is 1. The van der Waals surface area contributed by atoms with E-state index in [4.69, 9.17) is 16.3 Å². The van der Waals surface area contributed by atoms with Gasteiger partial charge in [-0.25, -0.2) is 4.39 Å². The predicted molar refractivity (Wildman–Crippen MR) is 164 cm³/mol. The van der Waals surface area contributed by atoms with E-state index in [1.165, 1.54) is 17.2 Å². The Morgan fingerprint density at radius 3 is 2.52 bits per heavy atom. The Bertz CT molecular complexity index is 1620. The number of fused-ring (bicyclic) bond motifs is 1. The van der Waals surface area contributed by atoms with Gasteiger partial charge in [0.1, 0.15) is 18.2 Å². The van der Waals surface area contributed by atoms with E-state index in [9.17, 15) is 14.8 Å². The van der Waals surface area contributed by atoms with Gasteiger partial charge < -0.3 is 9.84 Å². The number of nitriles is 1. The van der Waals surface area contributed by atoms with Gasteiger partial charge in [0.2, 0.25) is 0 Å². The summed E-state index contributed by atoms with van der Waals surface area (Å²) in [7, 11) is 0. The largest absolute Gasteiger partial charge is 0.489 e. The molecule has 4 nitrogen and oxygen atoms in total. The molecule has 0 aromatic heterocycles. The van der Waals surface area contributed by atoms with Crippen LogP contribution in [0.25, 0.3) is 11.1 Å². The van der Waals surface area contributed by atoms with Crippen molar-refractivity contribution < 1.29 is 14.2 Å². The summed E-state index contributed by atoms with van der Waals surface area (Å²) in [6.45, 7) is 2.69. The Kier molecular flexibility index (Phi) is 8.58. The van der Waals surface area contributed by atoms with E-state index in [0.29, 0.717) is 24.3 Å². The minimum atomic E-state index is -0.233. The molecule has 1 aliphatic carbocycles. The number of nitrogens with zero attached hydrogens (tertiary/aromatic N) is 2. The lowest BCUT2D eigenvalue weighted by atomic mass is 9.90. The van der Waals surface area contributed by atoms with Crippen LogP contribution < -0.4 is 4.74 Å². The van der Waals surface area contributed by atoms with Crippen LogP contribution in [0, 0.1) is 17.1 Å². The normalized spacial score (nSPS) is 17.1. The molecule has 42 heavy (non-hydrogen) atoms. The van der Waals surface area contributed by atoms with Crippen LogP contribution in [0.15, 0.2) is 78.9 Å². The molecule has 0 amide bonds. The molecule has 0 bridgehead atoms. The molecule has 1 aliphatic heterocycles. The topological polar surface area (TPSA) is 56.5 Å². The van der Waals surface area contributed by atoms with Crippen molar-refractivity contribution in [1.29, 1.82) is 5.26 Å². The molecule has 0 saturated carbocycles. The van der Waals surface area contributed by atoms with E-state index in [-0.39, 0.29) is 17.8 Å². The molecule has 1 N–H and O–H groups in total. The number of aliphatic hydroxyl groups is 1. The molecule has 2 aliphatic rings. The van der Waals surface area contributed by atoms with Gasteiger partial charge in [-0.2, -0.15) is 5.26 Å². The summed E-state index contributed by atoms with van der Waals surface area (Å²) in [5.41, 5.74) is 7.70. The fourth-order valence-electron chi connectivity index (χ4n) is 6.41. The van der Waals surface area contributed by atoms with Crippen LogP contribution in [0.3, 0.4) is 0 Å². The van der Waals surface area contributed by atoms with Crippen LogP contribution in [-0.2, 0) is 26.0 Å². The molecule has 1 fully saturated rings. The maximum atomic E-state index is 14.7. The molecule has 6 heteroatoms. The monoisotopic (exact) mass is 580 g/mol. The average Bonchev–Trinajstić information content (AvgIpc) is 3.42. The smallest absolute Gasteiger partial charge is 0.131 e. The highest BCUT2D eigenvalue weighted by atomic mass is 35.5. The predicted octanol–water partition coefficient (Wildman–Crippen LogP) is 7.83. The van der Waals surface area contributed by atoms with Crippen molar-refractivity contribution in [1.82, 2.24) is 4.90 Å². The third kappa shape index (κ3) is 6.22. The Morgan fingerprint density at radius 1 is 0.929 bits per heavy atom. The number of rotatable bonds is 8. The first-order valence-corrected chi connectivity index (χ1v) is 15.1. The van der Waals surface area contributed by atoms with E-state index >= 15 is 0 Å². The summed E-state index contributed by atoms with van der Waals surface area (Å²) in [4.78, 5) is 2.33. The maximum Gasteiger partial charge on any atom is 0.131 e. The number of aliphatic hydroxyl groups excluding tert-OH is 1. The van der Waals surface area contributed by atoms with E-state index in [1.54, 1.807) is 12.1 Å². The number of hydrogen-bond donors (Lipinski definition) is 1. The van der Waals surface area contributed by atoms with Crippen molar-refractivity contribution in [2.75, 3.05) is 13.1 Å². The van der Waals surface area contributed by atoms with Crippen molar-refractivity contribution >= 4 is 11.6 Å². The zero-order valence-corrected chi connectivity index (χ0v) is 24.3. The molecule has 0 spiro atoms.